The number of carbonyl (C=O) groups excluding carboxylic acids is 1. The molecule has 0 aromatic heterocycles. The van der Waals surface area contributed by atoms with E-state index in [0.29, 0.717) is 12.1 Å². The molecule has 5 heteroatoms. The summed E-state index contributed by atoms with van der Waals surface area (Å²) in [6, 6.07) is 2.68. The van der Waals surface area contributed by atoms with Crippen LogP contribution in [0.15, 0.2) is 12.2 Å². The molecule has 1 aliphatic rings. The monoisotopic (exact) mass is 250 g/mol. The topological polar surface area (TPSA) is 68.2 Å². The fraction of sp³-hybridized carbons (Fsp3) is 0.692. The number of nitriles is 1. The molecule has 0 spiro atoms. The van der Waals surface area contributed by atoms with Gasteiger partial charge in [-0.25, -0.2) is 5.01 Å². The number of carbonyl (C=O) groups is 1. The molecular formula is C13H22N4O. The van der Waals surface area contributed by atoms with Gasteiger partial charge in [0.05, 0.1) is 6.07 Å². The molecule has 1 heterocycles. The Morgan fingerprint density at radius 3 is 2.56 bits per heavy atom. The van der Waals surface area contributed by atoms with Crippen LogP contribution in [0.2, 0.25) is 0 Å². The van der Waals surface area contributed by atoms with E-state index in [9.17, 15) is 4.79 Å². The summed E-state index contributed by atoms with van der Waals surface area (Å²) in [5, 5.41) is 13.5. The van der Waals surface area contributed by atoms with E-state index in [-0.39, 0.29) is 11.8 Å². The normalized spacial score (nSPS) is 29.4. The number of nitrogens with zero attached hydrogens (tertiary/aromatic N) is 2. The maximum atomic E-state index is 11.7. The van der Waals surface area contributed by atoms with Gasteiger partial charge < -0.3 is 5.32 Å². The first kappa shape index (κ1) is 14.7. The van der Waals surface area contributed by atoms with E-state index in [1.165, 1.54) is 6.08 Å². The first-order valence-corrected chi connectivity index (χ1v) is 6.17. The minimum Gasteiger partial charge on any atom is -0.335 e. The highest BCUT2D eigenvalue weighted by atomic mass is 16.1. The number of rotatable bonds is 3. The number of amides is 1. The number of hydrogen-bond donors (Lipinski definition) is 2. The minimum absolute atomic E-state index is 0.226. The summed E-state index contributed by atoms with van der Waals surface area (Å²) in [7, 11) is 1.99. The van der Waals surface area contributed by atoms with Crippen LogP contribution in [-0.4, -0.2) is 35.6 Å². The van der Waals surface area contributed by atoms with E-state index in [2.05, 4.69) is 29.6 Å². The third kappa shape index (κ3) is 3.56. The van der Waals surface area contributed by atoms with Gasteiger partial charge in [-0.05, 0) is 33.8 Å². The molecule has 1 aliphatic heterocycles. The third-order valence-corrected chi connectivity index (χ3v) is 3.34. The molecule has 5 nitrogen and oxygen atoms in total. The van der Waals surface area contributed by atoms with Crippen LogP contribution in [0.5, 0.6) is 0 Å². The van der Waals surface area contributed by atoms with Gasteiger partial charge in [0.2, 0.25) is 5.91 Å². The molecule has 18 heavy (non-hydrogen) atoms. The summed E-state index contributed by atoms with van der Waals surface area (Å²) in [6.45, 7) is 7.55. The van der Waals surface area contributed by atoms with Crippen LogP contribution < -0.4 is 10.7 Å². The van der Waals surface area contributed by atoms with Gasteiger partial charge in [0.15, 0.2) is 0 Å². The molecule has 2 N–H and O–H groups in total. The van der Waals surface area contributed by atoms with Gasteiger partial charge in [0.1, 0.15) is 5.54 Å². The summed E-state index contributed by atoms with van der Waals surface area (Å²) < 4.78 is 0. The Labute approximate surface area is 109 Å². The molecule has 0 saturated carbocycles. The molecule has 0 bridgehead atoms. The number of hydrazine groups is 1. The van der Waals surface area contributed by atoms with Crippen molar-refractivity contribution in [2.75, 3.05) is 7.05 Å². The highest BCUT2D eigenvalue weighted by molar-refractivity contribution is 5.88. The lowest BCUT2D eigenvalue weighted by molar-refractivity contribution is -0.117. The summed E-state index contributed by atoms with van der Waals surface area (Å²) in [6.07, 6.45) is 3.44. The Kier molecular flexibility index (Phi) is 4.49. The van der Waals surface area contributed by atoms with Crippen molar-refractivity contribution in [3.8, 4) is 6.07 Å². The molecule has 0 radical (unpaired) electrons. The van der Waals surface area contributed by atoms with Gasteiger partial charge in [0.25, 0.3) is 0 Å². The van der Waals surface area contributed by atoms with E-state index in [1.54, 1.807) is 13.8 Å². The Bertz CT molecular complexity index is 383. The lowest BCUT2D eigenvalue weighted by Gasteiger charge is -2.18. The Morgan fingerprint density at radius 1 is 1.50 bits per heavy atom. The van der Waals surface area contributed by atoms with Crippen molar-refractivity contribution in [3.05, 3.63) is 12.2 Å². The van der Waals surface area contributed by atoms with Crippen molar-refractivity contribution in [2.45, 2.75) is 45.3 Å². The molecule has 0 aromatic carbocycles. The molecule has 3 unspecified atom stereocenters. The van der Waals surface area contributed by atoms with Crippen LogP contribution in [0.25, 0.3) is 0 Å². The second kappa shape index (κ2) is 5.51. The number of hydrogen-bond acceptors (Lipinski definition) is 4. The molecular weight excluding hydrogens is 228 g/mol. The predicted octanol–water partition coefficient (Wildman–Crippen LogP) is 0.804. The van der Waals surface area contributed by atoms with Crippen molar-refractivity contribution in [1.82, 2.24) is 15.8 Å². The molecule has 3 atom stereocenters. The van der Waals surface area contributed by atoms with Gasteiger partial charge in [-0.3, -0.25) is 10.2 Å². The van der Waals surface area contributed by atoms with Crippen molar-refractivity contribution in [2.24, 2.45) is 5.92 Å². The highest BCUT2D eigenvalue weighted by Crippen LogP contribution is 2.21. The molecule has 1 fully saturated rings. The molecule has 1 amide bonds. The predicted molar refractivity (Wildman–Crippen MR) is 70.3 cm³/mol. The minimum atomic E-state index is -0.830. The van der Waals surface area contributed by atoms with E-state index in [1.807, 2.05) is 19.2 Å². The molecule has 0 aliphatic carbocycles. The summed E-state index contributed by atoms with van der Waals surface area (Å²) in [5.74, 6) is 0.0569. The van der Waals surface area contributed by atoms with Crippen LogP contribution in [0.1, 0.15) is 27.7 Å². The summed E-state index contributed by atoms with van der Waals surface area (Å²) >= 11 is 0. The highest BCUT2D eigenvalue weighted by Gasteiger charge is 2.32. The molecule has 100 valence electrons. The third-order valence-electron chi connectivity index (χ3n) is 3.34. The first-order valence-electron chi connectivity index (χ1n) is 6.17. The van der Waals surface area contributed by atoms with Crippen molar-refractivity contribution >= 4 is 5.91 Å². The maximum absolute atomic E-state index is 11.7. The van der Waals surface area contributed by atoms with Crippen molar-refractivity contribution in [1.29, 1.82) is 5.26 Å². The standard InChI is InChI=1S/C13H22N4O/c1-9-11(10(2)17(5)16-9)6-7-12(18)15-13(3,4)8-14/h6-7,9-11,16H,1-5H3,(H,15,18)/b7-6-. The van der Waals surface area contributed by atoms with Gasteiger partial charge in [-0.15, -0.1) is 0 Å². The van der Waals surface area contributed by atoms with Crippen molar-refractivity contribution in [3.63, 3.8) is 0 Å². The summed E-state index contributed by atoms with van der Waals surface area (Å²) in [4.78, 5) is 11.7. The quantitative estimate of drug-likeness (QED) is 0.727. The largest absolute Gasteiger partial charge is 0.335 e. The summed E-state index contributed by atoms with van der Waals surface area (Å²) in [5.41, 5.74) is 2.47. The van der Waals surface area contributed by atoms with Crippen LogP contribution in [-0.2, 0) is 4.79 Å². The Morgan fingerprint density at radius 2 is 2.11 bits per heavy atom. The zero-order chi connectivity index (χ0) is 13.9. The first-order chi connectivity index (χ1) is 8.26. The average molecular weight is 250 g/mol. The maximum Gasteiger partial charge on any atom is 0.244 e. The fourth-order valence-corrected chi connectivity index (χ4v) is 2.10. The lowest BCUT2D eigenvalue weighted by Crippen LogP contribution is -2.41. The molecule has 1 rings (SSSR count). The zero-order valence-corrected chi connectivity index (χ0v) is 11.7. The fourth-order valence-electron chi connectivity index (χ4n) is 2.10. The second-order valence-electron chi connectivity index (χ2n) is 5.43. The van der Waals surface area contributed by atoms with Crippen molar-refractivity contribution < 1.29 is 4.79 Å². The molecule has 0 aromatic rings. The van der Waals surface area contributed by atoms with Crippen LogP contribution >= 0.6 is 0 Å². The van der Waals surface area contributed by atoms with Crippen LogP contribution in [0.3, 0.4) is 0 Å². The van der Waals surface area contributed by atoms with Gasteiger partial charge in [0, 0.05) is 25.0 Å². The second-order valence-corrected chi connectivity index (χ2v) is 5.43. The smallest absolute Gasteiger partial charge is 0.244 e. The SMILES string of the molecule is CC1NN(C)C(C)C1/C=C\C(=O)NC(C)(C)C#N. The average Bonchev–Trinajstić information content (AvgIpc) is 2.50. The van der Waals surface area contributed by atoms with Gasteiger partial charge >= 0.3 is 0 Å². The van der Waals surface area contributed by atoms with Gasteiger partial charge in [-0.1, -0.05) is 6.08 Å². The van der Waals surface area contributed by atoms with E-state index in [0.717, 1.165) is 0 Å². The zero-order valence-electron chi connectivity index (χ0n) is 11.7. The lowest BCUT2D eigenvalue weighted by atomic mass is 9.96. The molecule has 1 saturated heterocycles. The Hall–Kier alpha value is -1.38. The Balaban J connectivity index is 2.60. The van der Waals surface area contributed by atoms with Gasteiger partial charge in [-0.2, -0.15) is 5.26 Å². The van der Waals surface area contributed by atoms with E-state index in [4.69, 9.17) is 5.26 Å². The number of nitrogens with one attached hydrogen (secondary N) is 2. The van der Waals surface area contributed by atoms with Crippen LogP contribution in [0.4, 0.5) is 0 Å². The van der Waals surface area contributed by atoms with E-state index >= 15 is 0 Å². The van der Waals surface area contributed by atoms with Crippen LogP contribution in [0, 0.1) is 17.2 Å². The van der Waals surface area contributed by atoms with E-state index < -0.39 is 5.54 Å².